The Kier molecular flexibility index (Phi) is 4.83. The largest absolute Gasteiger partial charge is 0.291 e. The molecular weight excluding hydrogens is 392 g/mol. The Balaban J connectivity index is 1.50. The summed E-state index contributed by atoms with van der Waals surface area (Å²) in [5.74, 6) is 1.03. The number of aromatic amines is 2. The zero-order chi connectivity index (χ0) is 21.2. The molecule has 2 N–H and O–H groups in total. The number of rotatable bonds is 6. The summed E-state index contributed by atoms with van der Waals surface area (Å²) in [5, 5.41) is 18.7. The Morgan fingerprint density at radius 1 is 1.03 bits per heavy atom. The van der Waals surface area contributed by atoms with Crippen LogP contribution < -0.4 is 5.56 Å². The predicted molar refractivity (Wildman–Crippen MR) is 115 cm³/mol. The highest BCUT2D eigenvalue weighted by Crippen LogP contribution is 2.30. The second-order valence-corrected chi connectivity index (χ2v) is 7.28. The summed E-state index contributed by atoms with van der Waals surface area (Å²) in [4.78, 5) is 19.7. The van der Waals surface area contributed by atoms with Gasteiger partial charge in [-0.1, -0.05) is 61.9 Å². The summed E-state index contributed by atoms with van der Waals surface area (Å²) in [7, 11) is 0. The summed E-state index contributed by atoms with van der Waals surface area (Å²) in [6.45, 7) is 2.09. The van der Waals surface area contributed by atoms with E-state index < -0.39 is 0 Å². The summed E-state index contributed by atoms with van der Waals surface area (Å²) in [5.41, 5.74) is 5.52. The van der Waals surface area contributed by atoms with Gasteiger partial charge in [-0.3, -0.25) is 9.78 Å². The first kappa shape index (κ1) is 18.9. The first-order valence-electron chi connectivity index (χ1n) is 10.1. The molecule has 5 rings (SSSR count). The molecule has 154 valence electrons. The Labute approximate surface area is 177 Å². The van der Waals surface area contributed by atoms with Gasteiger partial charge in [0.05, 0.1) is 5.69 Å². The topological polar surface area (TPSA) is 118 Å². The second kappa shape index (κ2) is 7.94. The molecule has 0 aliphatic carbocycles. The molecule has 9 heteroatoms. The van der Waals surface area contributed by atoms with Crippen LogP contribution in [0, 0.1) is 0 Å². The van der Waals surface area contributed by atoms with Gasteiger partial charge < -0.3 is 0 Å². The molecule has 3 heterocycles. The average Bonchev–Trinajstić information content (AvgIpc) is 3.49. The van der Waals surface area contributed by atoms with Crippen molar-refractivity contribution in [1.29, 1.82) is 0 Å². The van der Waals surface area contributed by atoms with Crippen LogP contribution in [0.4, 0.5) is 0 Å². The van der Waals surface area contributed by atoms with Crippen molar-refractivity contribution in [3.05, 3.63) is 82.0 Å². The molecule has 0 aliphatic rings. The van der Waals surface area contributed by atoms with Crippen LogP contribution >= 0.6 is 0 Å². The quantitative estimate of drug-likeness (QED) is 0.443. The van der Waals surface area contributed by atoms with Gasteiger partial charge in [-0.2, -0.15) is 15.3 Å². The van der Waals surface area contributed by atoms with Gasteiger partial charge in [-0.25, -0.2) is 4.52 Å². The lowest BCUT2D eigenvalue weighted by molar-refractivity contribution is 0.770. The van der Waals surface area contributed by atoms with Crippen molar-refractivity contribution in [3.8, 4) is 22.5 Å². The Hall–Kier alpha value is -4.14. The van der Waals surface area contributed by atoms with E-state index in [9.17, 15) is 4.79 Å². The number of H-pyrrole nitrogens is 2. The third kappa shape index (κ3) is 3.50. The average molecular weight is 412 g/mol. The van der Waals surface area contributed by atoms with Crippen LogP contribution in [0.1, 0.15) is 30.2 Å². The molecule has 0 saturated carbocycles. The number of aromatic nitrogens is 8. The lowest BCUT2D eigenvalue weighted by Gasteiger charge is -2.11. The van der Waals surface area contributed by atoms with Gasteiger partial charge in [0, 0.05) is 17.5 Å². The summed E-state index contributed by atoms with van der Waals surface area (Å²) in [6.07, 6.45) is 3.66. The van der Waals surface area contributed by atoms with Crippen LogP contribution in [0.15, 0.2) is 59.7 Å². The zero-order valence-electron chi connectivity index (χ0n) is 16.9. The fourth-order valence-electron chi connectivity index (χ4n) is 3.85. The van der Waals surface area contributed by atoms with E-state index in [-0.39, 0.29) is 5.56 Å². The van der Waals surface area contributed by atoms with Crippen LogP contribution in [0.2, 0.25) is 0 Å². The minimum Gasteiger partial charge on any atom is -0.291 e. The van der Waals surface area contributed by atoms with E-state index in [2.05, 4.69) is 54.7 Å². The monoisotopic (exact) mass is 412 g/mol. The van der Waals surface area contributed by atoms with Crippen LogP contribution in [0.5, 0.6) is 0 Å². The van der Waals surface area contributed by atoms with E-state index >= 15 is 0 Å². The fraction of sp³-hybridized carbons (Fsp3) is 0.182. The maximum absolute atomic E-state index is 12.7. The molecule has 9 nitrogen and oxygen atoms in total. The number of hydrogen-bond acceptors (Lipinski definition) is 6. The van der Waals surface area contributed by atoms with E-state index in [0.29, 0.717) is 18.0 Å². The van der Waals surface area contributed by atoms with Crippen molar-refractivity contribution in [3.63, 3.8) is 0 Å². The first-order valence-corrected chi connectivity index (χ1v) is 10.1. The van der Waals surface area contributed by atoms with Gasteiger partial charge >= 0.3 is 0 Å². The van der Waals surface area contributed by atoms with Crippen molar-refractivity contribution in [1.82, 2.24) is 40.2 Å². The fourth-order valence-corrected chi connectivity index (χ4v) is 3.85. The van der Waals surface area contributed by atoms with E-state index in [4.69, 9.17) is 0 Å². The number of aryl methyl sites for hydroxylation is 1. The van der Waals surface area contributed by atoms with E-state index in [1.54, 1.807) is 4.52 Å². The molecule has 3 aromatic heterocycles. The lowest BCUT2D eigenvalue weighted by Crippen LogP contribution is -2.20. The van der Waals surface area contributed by atoms with Crippen LogP contribution in [0.25, 0.3) is 28.3 Å². The number of hydrogen-bond donors (Lipinski definition) is 2. The Bertz CT molecular complexity index is 1380. The minimum absolute atomic E-state index is 0.115. The van der Waals surface area contributed by atoms with Gasteiger partial charge in [0.15, 0.2) is 0 Å². The molecule has 0 aliphatic heterocycles. The maximum atomic E-state index is 12.7. The SMILES string of the molecule is CCCc1c(Cc2ccc(-c3ccccc3-c3nn[nH]n3)cc2)c(=O)[nH]c2ncnn12. The first-order chi connectivity index (χ1) is 15.2. The molecule has 0 saturated heterocycles. The van der Waals surface area contributed by atoms with Gasteiger partial charge in [0.25, 0.3) is 5.56 Å². The highest BCUT2D eigenvalue weighted by atomic mass is 16.1. The molecule has 0 atom stereocenters. The number of nitrogens with one attached hydrogen (secondary N) is 2. The molecule has 0 fully saturated rings. The number of fused-ring (bicyclic) bond motifs is 1. The van der Waals surface area contributed by atoms with Crippen LogP contribution in [-0.4, -0.2) is 40.2 Å². The molecule has 0 bridgehead atoms. The second-order valence-electron chi connectivity index (χ2n) is 7.28. The van der Waals surface area contributed by atoms with Crippen molar-refractivity contribution in [2.45, 2.75) is 26.2 Å². The number of benzene rings is 2. The third-order valence-corrected chi connectivity index (χ3v) is 5.30. The zero-order valence-corrected chi connectivity index (χ0v) is 16.9. The summed E-state index contributed by atoms with van der Waals surface area (Å²) < 4.78 is 1.73. The van der Waals surface area contributed by atoms with Gasteiger partial charge in [-0.05, 0) is 28.3 Å². The Morgan fingerprint density at radius 3 is 2.58 bits per heavy atom. The van der Waals surface area contributed by atoms with E-state index in [1.165, 1.54) is 6.33 Å². The molecule has 31 heavy (non-hydrogen) atoms. The molecule has 0 unspecified atom stereocenters. The lowest BCUT2D eigenvalue weighted by atomic mass is 9.96. The molecule has 0 amide bonds. The standard InChI is InChI=1S/C22H20N8O/c1-2-5-19-18(21(31)25-22-23-13-24-30(19)22)12-14-8-10-15(11-9-14)16-6-3-4-7-17(16)20-26-28-29-27-20/h3-4,6-11,13H,2,5,12H2,1H3,(H,23,24,25,31)(H,26,27,28,29). The highest BCUT2D eigenvalue weighted by molar-refractivity contribution is 5.80. The molecule has 0 spiro atoms. The normalized spacial score (nSPS) is 11.3. The van der Waals surface area contributed by atoms with Gasteiger partial charge in [0.2, 0.25) is 11.6 Å². The van der Waals surface area contributed by atoms with Crippen molar-refractivity contribution < 1.29 is 0 Å². The number of tetrazole rings is 1. The minimum atomic E-state index is -0.115. The third-order valence-electron chi connectivity index (χ3n) is 5.30. The predicted octanol–water partition coefficient (Wildman–Crippen LogP) is 2.81. The van der Waals surface area contributed by atoms with Crippen LogP contribution in [-0.2, 0) is 12.8 Å². The van der Waals surface area contributed by atoms with E-state index in [1.807, 2.05) is 36.4 Å². The molecule has 2 aromatic carbocycles. The van der Waals surface area contributed by atoms with Gasteiger partial charge in [0.1, 0.15) is 6.33 Å². The van der Waals surface area contributed by atoms with Crippen molar-refractivity contribution in [2.24, 2.45) is 0 Å². The smallest absolute Gasteiger partial charge is 0.256 e. The Morgan fingerprint density at radius 2 is 1.84 bits per heavy atom. The molecule has 0 radical (unpaired) electrons. The van der Waals surface area contributed by atoms with Gasteiger partial charge in [-0.15, -0.1) is 10.2 Å². The van der Waals surface area contributed by atoms with Crippen LogP contribution in [0.3, 0.4) is 0 Å². The molecular formula is C22H20N8O. The van der Waals surface area contributed by atoms with Crippen molar-refractivity contribution in [2.75, 3.05) is 0 Å². The number of nitrogens with zero attached hydrogens (tertiary/aromatic N) is 6. The van der Waals surface area contributed by atoms with E-state index in [0.717, 1.165) is 46.4 Å². The summed E-state index contributed by atoms with van der Waals surface area (Å²) >= 11 is 0. The highest BCUT2D eigenvalue weighted by Gasteiger charge is 2.15. The summed E-state index contributed by atoms with van der Waals surface area (Å²) in [6, 6.07) is 16.1. The maximum Gasteiger partial charge on any atom is 0.256 e. The molecule has 5 aromatic rings. The van der Waals surface area contributed by atoms with Crippen molar-refractivity contribution >= 4 is 5.78 Å².